The number of ether oxygens (including phenoxy) is 1. The van der Waals surface area contributed by atoms with Crippen LogP contribution < -0.4 is 16.6 Å². The summed E-state index contributed by atoms with van der Waals surface area (Å²) in [4.78, 5) is 15.6. The lowest BCUT2D eigenvalue weighted by atomic mass is 9.98. The van der Waals surface area contributed by atoms with E-state index in [1.807, 2.05) is 0 Å². The van der Waals surface area contributed by atoms with E-state index in [0.29, 0.717) is 19.3 Å². The van der Waals surface area contributed by atoms with Crippen LogP contribution in [0.25, 0.3) is 0 Å². The number of amides is 1. The summed E-state index contributed by atoms with van der Waals surface area (Å²) < 4.78 is 19.5. The Kier molecular flexibility index (Phi) is 5.89. The molecule has 0 radical (unpaired) electrons. The van der Waals surface area contributed by atoms with Crippen LogP contribution in [0.15, 0.2) is 12.3 Å². The Morgan fingerprint density at radius 3 is 2.90 bits per heavy atom. The number of pyridine rings is 1. The molecule has 0 atom stereocenters. The summed E-state index contributed by atoms with van der Waals surface area (Å²) in [6.07, 6.45) is 7.46. The molecule has 7 heteroatoms. The first kappa shape index (κ1) is 15.7. The second-order valence-electron chi connectivity index (χ2n) is 5.05. The summed E-state index contributed by atoms with van der Waals surface area (Å²) in [7, 11) is 0. The highest BCUT2D eigenvalue weighted by molar-refractivity contribution is 5.95. The van der Waals surface area contributed by atoms with Gasteiger partial charge in [0, 0.05) is 12.7 Å². The standard InChI is InChI=1S/C14H21FN4O2/c15-12-11(6-7-17-13(12)19-16)14(20)18-8-9-21-10-4-2-1-3-5-10/h6-7,10H,1-5,8-9,16H2,(H,17,19)(H,18,20). The van der Waals surface area contributed by atoms with Gasteiger partial charge >= 0.3 is 0 Å². The van der Waals surface area contributed by atoms with Crippen LogP contribution in [0.3, 0.4) is 0 Å². The van der Waals surface area contributed by atoms with Gasteiger partial charge in [0.2, 0.25) is 0 Å². The number of hydrogen-bond donors (Lipinski definition) is 3. The Morgan fingerprint density at radius 2 is 2.19 bits per heavy atom. The van der Waals surface area contributed by atoms with Gasteiger partial charge in [-0.3, -0.25) is 4.79 Å². The lowest BCUT2D eigenvalue weighted by Gasteiger charge is -2.22. The molecule has 116 valence electrons. The van der Waals surface area contributed by atoms with Gasteiger partial charge in [0.25, 0.3) is 5.91 Å². The van der Waals surface area contributed by atoms with Crippen molar-refractivity contribution in [2.75, 3.05) is 18.6 Å². The predicted octanol–water partition coefficient (Wildman–Crippen LogP) is 1.59. The van der Waals surface area contributed by atoms with Gasteiger partial charge in [-0.15, -0.1) is 0 Å². The molecule has 2 rings (SSSR count). The molecule has 0 aromatic carbocycles. The number of nitrogen functional groups attached to an aromatic ring is 1. The Morgan fingerprint density at radius 1 is 1.43 bits per heavy atom. The van der Waals surface area contributed by atoms with Gasteiger partial charge in [-0.05, 0) is 18.9 Å². The molecular formula is C14H21FN4O2. The molecule has 1 heterocycles. The molecule has 6 nitrogen and oxygen atoms in total. The van der Waals surface area contributed by atoms with Crippen molar-refractivity contribution >= 4 is 11.7 Å². The number of nitrogens with two attached hydrogens (primary N) is 1. The van der Waals surface area contributed by atoms with Gasteiger partial charge in [0.15, 0.2) is 11.6 Å². The molecule has 0 aliphatic heterocycles. The van der Waals surface area contributed by atoms with Crippen molar-refractivity contribution in [2.45, 2.75) is 38.2 Å². The summed E-state index contributed by atoms with van der Waals surface area (Å²) in [6.45, 7) is 0.785. The second-order valence-corrected chi connectivity index (χ2v) is 5.05. The summed E-state index contributed by atoms with van der Waals surface area (Å²) in [6, 6.07) is 1.31. The van der Waals surface area contributed by atoms with Crippen LogP contribution in [0.5, 0.6) is 0 Å². The molecule has 21 heavy (non-hydrogen) atoms. The fraction of sp³-hybridized carbons (Fsp3) is 0.571. The lowest BCUT2D eigenvalue weighted by Crippen LogP contribution is -2.30. The summed E-state index contributed by atoms with van der Waals surface area (Å²) in [5.41, 5.74) is 2.02. The first-order valence-corrected chi connectivity index (χ1v) is 7.23. The van der Waals surface area contributed by atoms with E-state index >= 15 is 0 Å². The zero-order valence-corrected chi connectivity index (χ0v) is 11.9. The molecule has 0 spiro atoms. The van der Waals surface area contributed by atoms with E-state index in [-0.39, 0.29) is 11.4 Å². The molecule has 1 saturated carbocycles. The first-order valence-electron chi connectivity index (χ1n) is 7.23. The molecule has 1 aliphatic rings. The van der Waals surface area contributed by atoms with Gasteiger partial charge in [0.05, 0.1) is 18.3 Å². The molecule has 0 saturated heterocycles. The lowest BCUT2D eigenvalue weighted by molar-refractivity contribution is 0.0299. The fourth-order valence-electron chi connectivity index (χ4n) is 2.44. The number of halogens is 1. The van der Waals surface area contributed by atoms with Gasteiger partial charge in [-0.1, -0.05) is 19.3 Å². The smallest absolute Gasteiger partial charge is 0.254 e. The molecular weight excluding hydrogens is 275 g/mol. The van der Waals surface area contributed by atoms with Crippen LogP contribution in [-0.2, 0) is 4.74 Å². The average molecular weight is 296 g/mol. The third-order valence-electron chi connectivity index (χ3n) is 3.56. The van der Waals surface area contributed by atoms with Crippen LogP contribution in [0.2, 0.25) is 0 Å². The maximum atomic E-state index is 13.8. The quantitative estimate of drug-likeness (QED) is 0.421. The molecule has 0 unspecified atom stereocenters. The minimum absolute atomic E-state index is 0.0874. The molecule has 1 amide bonds. The molecule has 0 bridgehead atoms. The predicted molar refractivity (Wildman–Crippen MR) is 77.2 cm³/mol. The molecule has 1 aromatic heterocycles. The fourth-order valence-corrected chi connectivity index (χ4v) is 2.44. The van der Waals surface area contributed by atoms with Crippen molar-refractivity contribution in [3.05, 3.63) is 23.6 Å². The number of nitrogens with zero attached hydrogens (tertiary/aromatic N) is 1. The Bertz CT molecular complexity index is 478. The van der Waals surface area contributed by atoms with E-state index < -0.39 is 11.7 Å². The Balaban J connectivity index is 1.76. The number of nitrogens with one attached hydrogen (secondary N) is 2. The van der Waals surface area contributed by atoms with Gasteiger partial charge < -0.3 is 15.5 Å². The Hall–Kier alpha value is -1.73. The monoisotopic (exact) mass is 296 g/mol. The number of hydrazine groups is 1. The molecule has 1 aliphatic carbocycles. The first-order chi connectivity index (χ1) is 10.2. The third-order valence-corrected chi connectivity index (χ3v) is 3.56. The number of carbonyl (C=O) groups is 1. The minimum atomic E-state index is -0.759. The summed E-state index contributed by atoms with van der Waals surface area (Å²) in [5.74, 6) is 3.71. The topological polar surface area (TPSA) is 89.3 Å². The molecule has 1 aromatic rings. The van der Waals surface area contributed by atoms with Gasteiger partial charge in [0.1, 0.15) is 0 Å². The van der Waals surface area contributed by atoms with E-state index in [1.165, 1.54) is 31.5 Å². The number of anilines is 1. The van der Waals surface area contributed by atoms with E-state index in [4.69, 9.17) is 10.6 Å². The van der Waals surface area contributed by atoms with Crippen molar-refractivity contribution in [1.29, 1.82) is 0 Å². The largest absolute Gasteiger partial charge is 0.376 e. The van der Waals surface area contributed by atoms with Gasteiger partial charge in [-0.2, -0.15) is 0 Å². The third kappa shape index (κ3) is 4.37. The minimum Gasteiger partial charge on any atom is -0.376 e. The zero-order chi connectivity index (χ0) is 15.1. The van der Waals surface area contributed by atoms with E-state index in [1.54, 1.807) is 0 Å². The van der Waals surface area contributed by atoms with Crippen LogP contribution in [0.4, 0.5) is 10.2 Å². The SMILES string of the molecule is NNc1nccc(C(=O)NCCOC2CCCCC2)c1F. The zero-order valence-electron chi connectivity index (χ0n) is 11.9. The van der Waals surface area contributed by atoms with Crippen molar-refractivity contribution in [2.24, 2.45) is 5.84 Å². The molecule has 1 fully saturated rings. The van der Waals surface area contributed by atoms with Crippen LogP contribution in [0, 0.1) is 5.82 Å². The highest BCUT2D eigenvalue weighted by Gasteiger charge is 2.16. The van der Waals surface area contributed by atoms with Crippen LogP contribution in [0.1, 0.15) is 42.5 Å². The Labute approximate surface area is 123 Å². The number of aromatic nitrogens is 1. The highest BCUT2D eigenvalue weighted by Crippen LogP contribution is 2.20. The van der Waals surface area contributed by atoms with Crippen molar-refractivity contribution in [3.8, 4) is 0 Å². The van der Waals surface area contributed by atoms with Crippen LogP contribution >= 0.6 is 0 Å². The maximum Gasteiger partial charge on any atom is 0.254 e. The number of carbonyl (C=O) groups excluding carboxylic acids is 1. The average Bonchev–Trinajstić information content (AvgIpc) is 2.52. The van der Waals surface area contributed by atoms with E-state index in [2.05, 4.69) is 15.7 Å². The van der Waals surface area contributed by atoms with Gasteiger partial charge in [-0.25, -0.2) is 15.2 Å². The molecule has 4 N–H and O–H groups in total. The highest BCUT2D eigenvalue weighted by atomic mass is 19.1. The van der Waals surface area contributed by atoms with Crippen molar-refractivity contribution < 1.29 is 13.9 Å². The summed E-state index contributed by atoms with van der Waals surface area (Å²) >= 11 is 0. The van der Waals surface area contributed by atoms with Crippen molar-refractivity contribution in [1.82, 2.24) is 10.3 Å². The second kappa shape index (κ2) is 7.90. The van der Waals surface area contributed by atoms with E-state index in [9.17, 15) is 9.18 Å². The number of rotatable bonds is 6. The summed E-state index contributed by atoms with van der Waals surface area (Å²) in [5, 5.41) is 2.63. The van der Waals surface area contributed by atoms with E-state index in [0.717, 1.165) is 12.8 Å². The normalized spacial score (nSPS) is 15.7. The van der Waals surface area contributed by atoms with Crippen molar-refractivity contribution in [3.63, 3.8) is 0 Å². The number of hydrogen-bond acceptors (Lipinski definition) is 5. The van der Waals surface area contributed by atoms with Crippen LogP contribution in [-0.4, -0.2) is 30.1 Å². The maximum absolute atomic E-state index is 13.8.